The van der Waals surface area contributed by atoms with Crippen molar-refractivity contribution in [1.82, 2.24) is 11.1 Å². The van der Waals surface area contributed by atoms with E-state index in [-0.39, 0.29) is 22.5 Å². The summed E-state index contributed by atoms with van der Waals surface area (Å²) in [5.74, 6) is -0.320. The molecule has 0 atom stereocenters. The van der Waals surface area contributed by atoms with Crippen LogP contribution in [0.15, 0.2) is 29.2 Å². The molecule has 6 nitrogen and oxygen atoms in total. The van der Waals surface area contributed by atoms with Crippen LogP contribution in [0, 0.1) is 0 Å². The molecule has 1 aromatic rings. The first kappa shape index (κ1) is 16.6. The van der Waals surface area contributed by atoms with Gasteiger partial charge in [0, 0.05) is 13.1 Å². The number of carbonyl (C=O) groups is 1. The average molecular weight is 273 g/mol. The Bertz CT molecular complexity index is 510. The molecule has 0 unspecified atom stereocenters. The molecule has 5 N–H and O–H groups in total. The first-order valence-electron chi connectivity index (χ1n) is 5.32. The van der Waals surface area contributed by atoms with E-state index in [9.17, 15) is 13.2 Å². The molecule has 0 aliphatic heterocycles. The van der Waals surface area contributed by atoms with Gasteiger partial charge in [0.05, 0.1) is 10.5 Å². The van der Waals surface area contributed by atoms with Crippen molar-refractivity contribution < 1.29 is 13.2 Å². The number of carbonyl (C=O) groups excluding carboxylic acids is 1. The Kier molecular flexibility index (Phi) is 5.96. The first-order chi connectivity index (χ1) is 7.91. The van der Waals surface area contributed by atoms with Crippen molar-refractivity contribution in [3.8, 4) is 0 Å². The highest BCUT2D eigenvalue weighted by molar-refractivity contribution is 7.89. The van der Waals surface area contributed by atoms with E-state index in [0.29, 0.717) is 13.1 Å². The van der Waals surface area contributed by atoms with Crippen LogP contribution >= 0.6 is 0 Å². The summed E-state index contributed by atoms with van der Waals surface area (Å²) in [4.78, 5) is 13.5. The Labute approximate surface area is 107 Å². The molecule has 0 radical (unpaired) electrons. The van der Waals surface area contributed by atoms with Gasteiger partial charge in [-0.3, -0.25) is 4.79 Å². The summed E-state index contributed by atoms with van der Waals surface area (Å²) in [6, 6.07) is 5.97. The van der Waals surface area contributed by atoms with Crippen LogP contribution in [0.4, 0.5) is 0 Å². The smallest absolute Gasteiger partial charge is 0.255 e. The number of amides is 1. The summed E-state index contributed by atoms with van der Waals surface area (Å²) < 4.78 is 22.7. The summed E-state index contributed by atoms with van der Waals surface area (Å²) in [7, 11) is -3.88. The van der Waals surface area contributed by atoms with Crippen molar-refractivity contribution in [2.24, 2.45) is 5.14 Å². The van der Waals surface area contributed by atoms with E-state index in [0.717, 1.165) is 0 Å². The number of hydrogen-bond donors (Lipinski definition) is 2. The van der Waals surface area contributed by atoms with E-state index >= 15 is 0 Å². The lowest BCUT2D eigenvalue weighted by Gasteiger charge is -2.19. The number of benzene rings is 1. The molecule has 0 fully saturated rings. The van der Waals surface area contributed by atoms with Crippen LogP contribution in [0.25, 0.3) is 0 Å². The van der Waals surface area contributed by atoms with Crippen LogP contribution in [-0.2, 0) is 10.0 Å². The minimum atomic E-state index is -3.88. The monoisotopic (exact) mass is 273 g/mol. The predicted molar refractivity (Wildman–Crippen MR) is 70.1 cm³/mol. The third-order valence-electron chi connectivity index (χ3n) is 2.47. The molecule has 0 saturated heterocycles. The fourth-order valence-corrected chi connectivity index (χ4v) is 2.30. The van der Waals surface area contributed by atoms with E-state index in [1.165, 1.54) is 12.1 Å². The van der Waals surface area contributed by atoms with Crippen LogP contribution in [0.2, 0.25) is 0 Å². The Morgan fingerprint density at radius 3 is 2.17 bits per heavy atom. The highest BCUT2D eigenvalue weighted by Crippen LogP contribution is 2.15. The zero-order chi connectivity index (χ0) is 13.1. The van der Waals surface area contributed by atoms with E-state index in [2.05, 4.69) is 0 Å². The maximum atomic E-state index is 12.1. The Morgan fingerprint density at radius 2 is 1.72 bits per heavy atom. The fraction of sp³-hybridized carbons (Fsp3) is 0.364. The normalized spacial score (nSPS) is 10.6. The molecule has 1 rings (SSSR count). The lowest BCUT2D eigenvalue weighted by Crippen LogP contribution is -2.32. The van der Waals surface area contributed by atoms with Gasteiger partial charge in [-0.05, 0) is 26.0 Å². The van der Waals surface area contributed by atoms with Gasteiger partial charge < -0.3 is 11.1 Å². The lowest BCUT2D eigenvalue weighted by molar-refractivity contribution is 0.0769. The minimum Gasteiger partial charge on any atom is -0.344 e. The van der Waals surface area contributed by atoms with Crippen molar-refractivity contribution in [3.63, 3.8) is 0 Å². The molecule has 0 aliphatic carbocycles. The van der Waals surface area contributed by atoms with Crippen LogP contribution in [0.5, 0.6) is 0 Å². The quantitative estimate of drug-likeness (QED) is 0.850. The molecular formula is C11H19N3O3S. The van der Waals surface area contributed by atoms with E-state index in [4.69, 9.17) is 5.14 Å². The van der Waals surface area contributed by atoms with E-state index < -0.39 is 10.0 Å². The molecule has 1 aromatic carbocycles. The highest BCUT2D eigenvalue weighted by atomic mass is 32.2. The zero-order valence-electron chi connectivity index (χ0n) is 10.6. The van der Waals surface area contributed by atoms with Gasteiger partial charge in [0.2, 0.25) is 10.0 Å². The lowest BCUT2D eigenvalue weighted by atomic mass is 10.2. The third kappa shape index (κ3) is 3.52. The first-order valence-corrected chi connectivity index (χ1v) is 6.87. The number of primary sulfonamides is 1. The van der Waals surface area contributed by atoms with Crippen molar-refractivity contribution in [2.45, 2.75) is 18.7 Å². The number of hydrogen-bond acceptors (Lipinski definition) is 4. The second kappa shape index (κ2) is 6.48. The van der Waals surface area contributed by atoms with Gasteiger partial charge in [-0.2, -0.15) is 0 Å². The SMILES string of the molecule is CCN(CC)C(=O)c1ccccc1S(N)(=O)=O.N. The minimum absolute atomic E-state index is 0. The summed E-state index contributed by atoms with van der Waals surface area (Å²) in [6.07, 6.45) is 0. The van der Waals surface area contributed by atoms with Gasteiger partial charge >= 0.3 is 0 Å². The fourth-order valence-electron chi connectivity index (χ4n) is 1.57. The molecule has 18 heavy (non-hydrogen) atoms. The molecule has 1 amide bonds. The zero-order valence-corrected chi connectivity index (χ0v) is 11.4. The summed E-state index contributed by atoms with van der Waals surface area (Å²) in [6.45, 7) is 4.71. The van der Waals surface area contributed by atoms with Gasteiger partial charge in [0.25, 0.3) is 5.91 Å². The number of nitrogens with zero attached hydrogens (tertiary/aromatic N) is 1. The number of nitrogens with two attached hydrogens (primary N) is 1. The molecule has 102 valence electrons. The molecule has 7 heteroatoms. The Hall–Kier alpha value is -1.44. The third-order valence-corrected chi connectivity index (χ3v) is 3.44. The van der Waals surface area contributed by atoms with Gasteiger partial charge in [0.15, 0.2) is 0 Å². The van der Waals surface area contributed by atoms with Gasteiger partial charge in [-0.1, -0.05) is 12.1 Å². The maximum absolute atomic E-state index is 12.1. The van der Waals surface area contributed by atoms with E-state index in [1.807, 2.05) is 13.8 Å². The highest BCUT2D eigenvalue weighted by Gasteiger charge is 2.21. The van der Waals surface area contributed by atoms with Crippen molar-refractivity contribution in [1.29, 1.82) is 0 Å². The number of rotatable bonds is 4. The molecule has 0 heterocycles. The maximum Gasteiger partial charge on any atom is 0.255 e. The number of sulfonamides is 1. The second-order valence-corrected chi connectivity index (χ2v) is 5.05. The summed E-state index contributed by atoms with van der Waals surface area (Å²) in [5.41, 5.74) is 0.124. The van der Waals surface area contributed by atoms with Crippen LogP contribution in [-0.4, -0.2) is 32.3 Å². The van der Waals surface area contributed by atoms with Crippen molar-refractivity contribution in [2.75, 3.05) is 13.1 Å². The molecule has 0 bridgehead atoms. The Morgan fingerprint density at radius 1 is 1.22 bits per heavy atom. The van der Waals surface area contributed by atoms with Crippen LogP contribution < -0.4 is 11.3 Å². The standard InChI is InChI=1S/C11H16N2O3S.H3N/c1-3-13(4-2)11(14)9-7-5-6-8-10(9)17(12,15)16;/h5-8H,3-4H2,1-2H3,(H2,12,15,16);1H3. The van der Waals surface area contributed by atoms with Crippen LogP contribution in [0.3, 0.4) is 0 Å². The molecule has 0 aliphatic rings. The molecule has 0 aromatic heterocycles. The largest absolute Gasteiger partial charge is 0.344 e. The van der Waals surface area contributed by atoms with Gasteiger partial charge in [-0.25, -0.2) is 13.6 Å². The second-order valence-electron chi connectivity index (χ2n) is 3.52. The van der Waals surface area contributed by atoms with Crippen molar-refractivity contribution >= 4 is 15.9 Å². The summed E-state index contributed by atoms with van der Waals surface area (Å²) >= 11 is 0. The molecule has 0 spiro atoms. The average Bonchev–Trinajstić information content (AvgIpc) is 2.29. The summed E-state index contributed by atoms with van der Waals surface area (Å²) in [5, 5.41) is 5.08. The van der Waals surface area contributed by atoms with Gasteiger partial charge in [-0.15, -0.1) is 0 Å². The topological polar surface area (TPSA) is 115 Å². The molecular weight excluding hydrogens is 254 g/mol. The molecule has 0 saturated carbocycles. The van der Waals surface area contributed by atoms with Crippen molar-refractivity contribution in [3.05, 3.63) is 29.8 Å². The van der Waals surface area contributed by atoms with Gasteiger partial charge in [0.1, 0.15) is 0 Å². The Balaban J connectivity index is 0.00000289. The van der Waals surface area contributed by atoms with Crippen LogP contribution in [0.1, 0.15) is 24.2 Å². The predicted octanol–water partition coefficient (Wildman–Crippen LogP) is 0.978. The van der Waals surface area contributed by atoms with E-state index in [1.54, 1.807) is 17.0 Å².